The lowest BCUT2D eigenvalue weighted by Gasteiger charge is -2.18. The third-order valence-corrected chi connectivity index (χ3v) is 4.11. The lowest BCUT2D eigenvalue weighted by molar-refractivity contribution is -0.118. The van der Waals surface area contributed by atoms with Crippen molar-refractivity contribution in [3.63, 3.8) is 0 Å². The summed E-state index contributed by atoms with van der Waals surface area (Å²) in [6, 6.07) is 8.19. The van der Waals surface area contributed by atoms with Crippen molar-refractivity contribution in [3.05, 3.63) is 47.7 Å². The minimum atomic E-state index is 0.0711. The number of rotatable bonds is 3. The summed E-state index contributed by atoms with van der Waals surface area (Å²) in [4.78, 5) is 18.5. The number of carbonyl (C=O) groups is 1. The molecule has 110 valence electrons. The largest absolute Gasteiger partial charge is 0.446 e. The maximum atomic E-state index is 12.6. The van der Waals surface area contributed by atoms with Crippen molar-refractivity contribution < 1.29 is 9.21 Å². The summed E-state index contributed by atoms with van der Waals surface area (Å²) in [6.45, 7) is 6.95. The third kappa shape index (κ3) is 2.58. The zero-order chi connectivity index (χ0) is 15.0. The van der Waals surface area contributed by atoms with E-state index in [0.717, 1.165) is 12.2 Å². The van der Waals surface area contributed by atoms with Crippen molar-refractivity contribution in [2.45, 2.75) is 33.1 Å². The zero-order valence-corrected chi connectivity index (χ0v) is 12.7. The predicted octanol–water partition coefficient (Wildman–Crippen LogP) is 3.31. The average molecular weight is 284 g/mol. The van der Waals surface area contributed by atoms with Gasteiger partial charge in [0.2, 0.25) is 5.91 Å². The molecular weight excluding hydrogens is 264 g/mol. The summed E-state index contributed by atoms with van der Waals surface area (Å²) >= 11 is 0. The number of fused-ring (bicyclic) bond motifs is 1. The average Bonchev–Trinajstić information content (AvgIpc) is 3.02. The van der Waals surface area contributed by atoms with Crippen LogP contribution in [0.3, 0.4) is 0 Å². The SMILES string of the molecule is Cc1ncc(CC(=O)N2CC(C(C)C)c3ccccc32)o1. The Kier molecular flexibility index (Phi) is 3.53. The highest BCUT2D eigenvalue weighted by Crippen LogP contribution is 2.40. The smallest absolute Gasteiger partial charge is 0.234 e. The van der Waals surface area contributed by atoms with E-state index < -0.39 is 0 Å². The fourth-order valence-corrected chi connectivity index (χ4v) is 2.98. The Morgan fingerprint density at radius 2 is 2.19 bits per heavy atom. The van der Waals surface area contributed by atoms with Crippen LogP contribution in [0.15, 0.2) is 34.9 Å². The Balaban J connectivity index is 1.84. The maximum Gasteiger partial charge on any atom is 0.234 e. The molecule has 0 radical (unpaired) electrons. The number of aromatic nitrogens is 1. The quantitative estimate of drug-likeness (QED) is 0.868. The van der Waals surface area contributed by atoms with Crippen LogP contribution in [0.4, 0.5) is 5.69 Å². The number of benzene rings is 1. The molecule has 2 heterocycles. The Bertz CT molecular complexity index is 660. The number of oxazole rings is 1. The standard InChI is InChI=1S/C17H20N2O2/c1-11(2)15-10-19(16-7-5-4-6-14(15)16)17(20)8-13-9-18-12(3)21-13/h4-7,9,11,15H,8,10H2,1-3H3. The monoisotopic (exact) mass is 284 g/mol. The van der Waals surface area contributed by atoms with Gasteiger partial charge < -0.3 is 9.32 Å². The summed E-state index contributed by atoms with van der Waals surface area (Å²) in [5, 5.41) is 0. The second-order valence-corrected chi connectivity index (χ2v) is 5.94. The molecule has 0 spiro atoms. The Hall–Kier alpha value is -2.10. The molecule has 21 heavy (non-hydrogen) atoms. The van der Waals surface area contributed by atoms with E-state index in [1.807, 2.05) is 23.1 Å². The van der Waals surface area contributed by atoms with Gasteiger partial charge in [-0.05, 0) is 17.5 Å². The first-order chi connectivity index (χ1) is 10.1. The summed E-state index contributed by atoms with van der Waals surface area (Å²) in [6.07, 6.45) is 1.90. The molecule has 4 heteroatoms. The van der Waals surface area contributed by atoms with E-state index in [1.54, 1.807) is 13.1 Å². The highest BCUT2D eigenvalue weighted by molar-refractivity contribution is 5.96. The Morgan fingerprint density at radius 3 is 2.86 bits per heavy atom. The van der Waals surface area contributed by atoms with Gasteiger partial charge in [0.05, 0.1) is 12.6 Å². The summed E-state index contributed by atoms with van der Waals surface area (Å²) in [5.41, 5.74) is 2.31. The van der Waals surface area contributed by atoms with Crippen molar-refractivity contribution in [2.75, 3.05) is 11.4 Å². The maximum absolute atomic E-state index is 12.6. The predicted molar refractivity (Wildman–Crippen MR) is 81.3 cm³/mol. The van der Waals surface area contributed by atoms with Gasteiger partial charge in [-0.15, -0.1) is 0 Å². The lowest BCUT2D eigenvalue weighted by atomic mass is 9.90. The van der Waals surface area contributed by atoms with E-state index in [2.05, 4.69) is 24.9 Å². The van der Waals surface area contributed by atoms with Crippen LogP contribution in [0.5, 0.6) is 0 Å². The summed E-state index contributed by atoms with van der Waals surface area (Å²) < 4.78 is 5.42. The molecule has 3 rings (SSSR count). The summed E-state index contributed by atoms with van der Waals surface area (Å²) in [7, 11) is 0. The molecular formula is C17H20N2O2. The third-order valence-electron chi connectivity index (χ3n) is 4.11. The van der Waals surface area contributed by atoms with Gasteiger partial charge in [-0.1, -0.05) is 32.0 Å². The number of para-hydroxylation sites is 1. The van der Waals surface area contributed by atoms with Crippen LogP contribution in [0, 0.1) is 12.8 Å². The first-order valence-electron chi connectivity index (χ1n) is 7.37. The molecule has 0 N–H and O–H groups in total. The molecule has 0 saturated heterocycles. The van der Waals surface area contributed by atoms with E-state index in [1.165, 1.54) is 5.56 Å². The second-order valence-electron chi connectivity index (χ2n) is 5.94. The minimum absolute atomic E-state index is 0.0711. The Labute approximate surface area is 124 Å². The first-order valence-corrected chi connectivity index (χ1v) is 7.37. The van der Waals surface area contributed by atoms with Crippen molar-refractivity contribution in [2.24, 2.45) is 5.92 Å². The minimum Gasteiger partial charge on any atom is -0.446 e. The number of amides is 1. The Morgan fingerprint density at radius 1 is 1.43 bits per heavy atom. The lowest BCUT2D eigenvalue weighted by Crippen LogP contribution is -2.31. The number of aryl methyl sites for hydroxylation is 1. The van der Waals surface area contributed by atoms with Gasteiger partial charge >= 0.3 is 0 Å². The molecule has 4 nitrogen and oxygen atoms in total. The van der Waals surface area contributed by atoms with E-state index in [9.17, 15) is 4.79 Å². The van der Waals surface area contributed by atoms with Crippen molar-refractivity contribution >= 4 is 11.6 Å². The number of hydrogen-bond acceptors (Lipinski definition) is 3. The molecule has 0 fully saturated rings. The van der Waals surface area contributed by atoms with Gasteiger partial charge in [-0.2, -0.15) is 0 Å². The number of anilines is 1. The molecule has 0 aliphatic carbocycles. The van der Waals surface area contributed by atoms with Crippen molar-refractivity contribution in [3.8, 4) is 0 Å². The van der Waals surface area contributed by atoms with Crippen LogP contribution >= 0.6 is 0 Å². The first kappa shape index (κ1) is 13.9. The molecule has 2 aromatic rings. The number of hydrogen-bond donors (Lipinski definition) is 0. The number of nitrogens with zero attached hydrogens (tertiary/aromatic N) is 2. The molecule has 0 bridgehead atoms. The molecule has 1 amide bonds. The normalized spacial score (nSPS) is 17.3. The van der Waals surface area contributed by atoms with Gasteiger partial charge in [0.1, 0.15) is 5.76 Å². The van der Waals surface area contributed by atoms with E-state index in [4.69, 9.17) is 4.42 Å². The van der Waals surface area contributed by atoms with Crippen LogP contribution in [0.25, 0.3) is 0 Å². The van der Waals surface area contributed by atoms with Crippen molar-refractivity contribution in [1.82, 2.24) is 4.98 Å². The van der Waals surface area contributed by atoms with E-state index in [0.29, 0.717) is 23.5 Å². The molecule has 0 saturated carbocycles. The van der Waals surface area contributed by atoms with Crippen LogP contribution in [0.2, 0.25) is 0 Å². The second kappa shape index (κ2) is 5.35. The highest BCUT2D eigenvalue weighted by Gasteiger charge is 2.33. The van der Waals surface area contributed by atoms with Crippen LogP contribution in [0.1, 0.15) is 37.0 Å². The van der Waals surface area contributed by atoms with E-state index >= 15 is 0 Å². The van der Waals surface area contributed by atoms with Gasteiger partial charge in [0, 0.05) is 25.1 Å². The number of carbonyl (C=O) groups excluding carboxylic acids is 1. The van der Waals surface area contributed by atoms with Crippen LogP contribution in [-0.4, -0.2) is 17.4 Å². The fraction of sp³-hybridized carbons (Fsp3) is 0.412. The molecule has 1 atom stereocenters. The fourth-order valence-electron chi connectivity index (χ4n) is 2.98. The zero-order valence-electron chi connectivity index (χ0n) is 12.7. The van der Waals surface area contributed by atoms with Gasteiger partial charge in [0.15, 0.2) is 5.89 Å². The van der Waals surface area contributed by atoms with Crippen LogP contribution < -0.4 is 4.90 Å². The van der Waals surface area contributed by atoms with Crippen molar-refractivity contribution in [1.29, 1.82) is 0 Å². The van der Waals surface area contributed by atoms with Gasteiger partial charge in [-0.3, -0.25) is 4.79 Å². The van der Waals surface area contributed by atoms with Crippen LogP contribution in [-0.2, 0) is 11.2 Å². The van der Waals surface area contributed by atoms with Gasteiger partial charge in [0.25, 0.3) is 0 Å². The summed E-state index contributed by atoms with van der Waals surface area (Å²) in [5.74, 6) is 2.21. The molecule has 1 aromatic carbocycles. The van der Waals surface area contributed by atoms with E-state index in [-0.39, 0.29) is 12.3 Å². The molecule has 1 unspecified atom stereocenters. The van der Waals surface area contributed by atoms with Gasteiger partial charge in [-0.25, -0.2) is 4.98 Å². The topological polar surface area (TPSA) is 46.3 Å². The molecule has 1 aliphatic heterocycles. The highest BCUT2D eigenvalue weighted by atomic mass is 16.4. The molecule has 1 aliphatic rings. The molecule has 1 aromatic heterocycles.